The lowest BCUT2D eigenvalue weighted by Crippen LogP contribution is -2.50. The van der Waals surface area contributed by atoms with Crippen molar-refractivity contribution in [1.29, 1.82) is 0 Å². The Hall–Kier alpha value is -3.78. The number of rotatable bonds is 9. The molecule has 8 nitrogen and oxygen atoms in total. The first-order valence-electron chi connectivity index (χ1n) is 9.74. The molecule has 0 saturated carbocycles. The van der Waals surface area contributed by atoms with Gasteiger partial charge in [-0.3, -0.25) is 14.4 Å². The number of hydrogen-bond acceptors (Lipinski definition) is 5. The van der Waals surface area contributed by atoms with Gasteiger partial charge in [-0.15, -0.1) is 0 Å². The van der Waals surface area contributed by atoms with Crippen molar-refractivity contribution in [3.05, 3.63) is 71.9 Å². The molecular formula is C23H23N3O5. The van der Waals surface area contributed by atoms with Gasteiger partial charge in [-0.2, -0.15) is 0 Å². The Morgan fingerprint density at radius 3 is 2.39 bits per heavy atom. The number of carboxylic acid groups (broad SMARTS) is 1. The van der Waals surface area contributed by atoms with Gasteiger partial charge in [-0.05, 0) is 24.6 Å². The molecule has 3 aromatic rings. The van der Waals surface area contributed by atoms with Gasteiger partial charge in [-0.1, -0.05) is 48.5 Å². The molecule has 160 valence electrons. The summed E-state index contributed by atoms with van der Waals surface area (Å²) in [7, 11) is 0. The summed E-state index contributed by atoms with van der Waals surface area (Å²) in [5.41, 5.74) is 7.64. The summed E-state index contributed by atoms with van der Waals surface area (Å²) >= 11 is 0. The van der Waals surface area contributed by atoms with Gasteiger partial charge >= 0.3 is 5.97 Å². The van der Waals surface area contributed by atoms with Gasteiger partial charge in [0, 0.05) is 17.4 Å². The van der Waals surface area contributed by atoms with E-state index in [1.807, 2.05) is 59.2 Å². The molecule has 0 radical (unpaired) electrons. The number of aliphatic carboxylic acids is 1. The van der Waals surface area contributed by atoms with Gasteiger partial charge < -0.3 is 25.5 Å². The zero-order valence-electron chi connectivity index (χ0n) is 16.9. The Morgan fingerprint density at radius 2 is 1.74 bits per heavy atom. The van der Waals surface area contributed by atoms with Gasteiger partial charge in [0.25, 0.3) is 5.91 Å². The van der Waals surface area contributed by atoms with Crippen LogP contribution in [0.1, 0.15) is 23.0 Å². The van der Waals surface area contributed by atoms with E-state index >= 15 is 0 Å². The molecule has 0 aliphatic heterocycles. The summed E-state index contributed by atoms with van der Waals surface area (Å²) < 4.78 is 1.84. The molecule has 0 aliphatic rings. The summed E-state index contributed by atoms with van der Waals surface area (Å²) in [5, 5.41) is 12.4. The SMILES string of the molecule is CC(NC(=O)c1cc2ccccc2n1Cc1ccccc1)C(=O)C(C=O)C(N)C(=O)O. The highest BCUT2D eigenvalue weighted by molar-refractivity contribution is 6.05. The maximum Gasteiger partial charge on any atom is 0.321 e. The maximum atomic E-state index is 13.0. The third-order valence-corrected chi connectivity index (χ3v) is 5.15. The van der Waals surface area contributed by atoms with Crippen molar-refractivity contribution in [3.63, 3.8) is 0 Å². The summed E-state index contributed by atoms with van der Waals surface area (Å²) in [5.74, 6) is -4.29. The number of carbonyl (C=O) groups excluding carboxylic acids is 3. The quantitative estimate of drug-likeness (QED) is 0.355. The van der Waals surface area contributed by atoms with Gasteiger partial charge in [0.15, 0.2) is 5.78 Å². The molecule has 3 atom stereocenters. The lowest BCUT2D eigenvalue weighted by Gasteiger charge is -2.20. The van der Waals surface area contributed by atoms with Crippen LogP contribution in [0.15, 0.2) is 60.7 Å². The third-order valence-electron chi connectivity index (χ3n) is 5.15. The Balaban J connectivity index is 1.88. The molecular weight excluding hydrogens is 398 g/mol. The number of aldehydes is 1. The molecule has 0 fully saturated rings. The normalized spacial score (nSPS) is 13.9. The van der Waals surface area contributed by atoms with Crippen molar-refractivity contribution in [2.75, 3.05) is 0 Å². The van der Waals surface area contributed by atoms with Gasteiger partial charge in [-0.25, -0.2) is 0 Å². The number of carboxylic acids is 1. The van der Waals surface area contributed by atoms with Gasteiger partial charge in [0.05, 0.1) is 6.04 Å². The van der Waals surface area contributed by atoms with Crippen molar-refractivity contribution >= 4 is 34.8 Å². The Kier molecular flexibility index (Phi) is 6.61. The van der Waals surface area contributed by atoms with E-state index in [2.05, 4.69) is 5.32 Å². The minimum Gasteiger partial charge on any atom is -0.480 e. The fourth-order valence-electron chi connectivity index (χ4n) is 3.45. The average Bonchev–Trinajstić information content (AvgIpc) is 3.13. The number of carbonyl (C=O) groups is 4. The number of Topliss-reactive ketones (excluding diaryl/α,β-unsaturated/α-hetero) is 1. The van der Waals surface area contributed by atoms with E-state index in [0.717, 1.165) is 16.5 Å². The molecule has 2 aromatic carbocycles. The van der Waals surface area contributed by atoms with Crippen molar-refractivity contribution in [1.82, 2.24) is 9.88 Å². The number of aromatic nitrogens is 1. The van der Waals surface area contributed by atoms with Crippen LogP contribution < -0.4 is 11.1 Å². The summed E-state index contributed by atoms with van der Waals surface area (Å²) in [6.07, 6.45) is 0.205. The van der Waals surface area contributed by atoms with E-state index in [4.69, 9.17) is 10.8 Å². The van der Waals surface area contributed by atoms with Crippen LogP contribution >= 0.6 is 0 Å². The highest BCUT2D eigenvalue weighted by Gasteiger charge is 2.34. The van der Waals surface area contributed by atoms with Crippen molar-refractivity contribution in [3.8, 4) is 0 Å². The molecule has 1 aromatic heterocycles. The lowest BCUT2D eigenvalue weighted by molar-refractivity contribution is -0.144. The van der Waals surface area contributed by atoms with Gasteiger partial charge in [0.1, 0.15) is 23.9 Å². The number of nitrogens with one attached hydrogen (secondary N) is 1. The molecule has 8 heteroatoms. The highest BCUT2D eigenvalue weighted by Crippen LogP contribution is 2.21. The zero-order chi connectivity index (χ0) is 22.5. The van der Waals surface area contributed by atoms with Crippen LogP contribution in [-0.4, -0.2) is 45.7 Å². The molecule has 0 spiro atoms. The minimum atomic E-state index is -1.67. The summed E-state index contributed by atoms with van der Waals surface area (Å²) in [6, 6.07) is 16.1. The molecule has 4 N–H and O–H groups in total. The number of hydrogen-bond donors (Lipinski definition) is 3. The smallest absolute Gasteiger partial charge is 0.321 e. The number of nitrogens with zero attached hydrogens (tertiary/aromatic N) is 1. The van der Waals surface area contributed by atoms with Gasteiger partial charge in [0.2, 0.25) is 0 Å². The molecule has 0 bridgehead atoms. The van der Waals surface area contributed by atoms with E-state index in [0.29, 0.717) is 12.2 Å². The third kappa shape index (κ3) is 4.70. The predicted octanol–water partition coefficient (Wildman–Crippen LogP) is 1.60. The Morgan fingerprint density at radius 1 is 1.10 bits per heavy atom. The number of amides is 1. The highest BCUT2D eigenvalue weighted by atomic mass is 16.4. The van der Waals surface area contributed by atoms with E-state index in [-0.39, 0.29) is 6.29 Å². The van der Waals surface area contributed by atoms with Crippen LogP contribution in [0.5, 0.6) is 0 Å². The Bertz CT molecular complexity index is 1120. The number of fused-ring (bicyclic) bond motifs is 1. The first-order valence-corrected chi connectivity index (χ1v) is 9.74. The molecule has 3 rings (SSSR count). The van der Waals surface area contributed by atoms with Crippen molar-refractivity contribution < 1.29 is 24.3 Å². The van der Waals surface area contributed by atoms with E-state index in [9.17, 15) is 19.2 Å². The molecule has 3 unspecified atom stereocenters. The van der Waals surface area contributed by atoms with Crippen LogP contribution in [0.4, 0.5) is 0 Å². The van der Waals surface area contributed by atoms with E-state index < -0.39 is 35.7 Å². The van der Waals surface area contributed by atoms with Crippen molar-refractivity contribution in [2.24, 2.45) is 11.7 Å². The van der Waals surface area contributed by atoms with Crippen LogP contribution in [0, 0.1) is 5.92 Å². The number of para-hydroxylation sites is 1. The van der Waals surface area contributed by atoms with Crippen molar-refractivity contribution in [2.45, 2.75) is 25.6 Å². The minimum absolute atomic E-state index is 0.205. The van der Waals surface area contributed by atoms with E-state index in [1.165, 1.54) is 6.92 Å². The standard InChI is InChI=1S/C23H23N3O5/c1-14(21(28)17(13-27)20(24)23(30)31)25-22(29)19-11-16-9-5-6-10-18(16)26(19)12-15-7-3-2-4-8-15/h2-11,13-14,17,20H,12,24H2,1H3,(H,25,29)(H,30,31). The first kappa shape index (κ1) is 21.9. The second-order valence-electron chi connectivity index (χ2n) is 7.28. The van der Waals surface area contributed by atoms with E-state index in [1.54, 1.807) is 6.07 Å². The van der Waals surface area contributed by atoms with Crippen LogP contribution in [0.25, 0.3) is 10.9 Å². The Labute approximate surface area is 178 Å². The summed E-state index contributed by atoms with van der Waals surface area (Å²) in [6.45, 7) is 1.84. The second-order valence-corrected chi connectivity index (χ2v) is 7.28. The number of nitrogens with two attached hydrogens (primary N) is 1. The van der Waals surface area contributed by atoms with Crippen LogP contribution in [-0.2, 0) is 20.9 Å². The average molecular weight is 421 g/mol. The fourth-order valence-corrected chi connectivity index (χ4v) is 3.45. The summed E-state index contributed by atoms with van der Waals surface area (Å²) in [4.78, 5) is 47.9. The maximum absolute atomic E-state index is 13.0. The number of benzene rings is 2. The second kappa shape index (κ2) is 9.36. The predicted molar refractivity (Wildman–Crippen MR) is 115 cm³/mol. The molecule has 1 heterocycles. The van der Waals surface area contributed by atoms with Crippen LogP contribution in [0.3, 0.4) is 0 Å². The largest absolute Gasteiger partial charge is 0.480 e. The zero-order valence-corrected chi connectivity index (χ0v) is 16.9. The topological polar surface area (TPSA) is 131 Å². The molecule has 0 aliphatic carbocycles. The monoisotopic (exact) mass is 421 g/mol. The van der Waals surface area contributed by atoms with Crippen LogP contribution in [0.2, 0.25) is 0 Å². The first-order chi connectivity index (χ1) is 14.8. The molecule has 31 heavy (non-hydrogen) atoms. The molecule has 1 amide bonds. The lowest BCUT2D eigenvalue weighted by atomic mass is 9.93. The fraction of sp³-hybridized carbons (Fsp3) is 0.217. The molecule has 0 saturated heterocycles. The number of ketones is 1.